The zero-order valence-corrected chi connectivity index (χ0v) is 18.6. The van der Waals surface area contributed by atoms with Gasteiger partial charge in [0.05, 0.1) is 12.8 Å². The molecule has 0 aromatic heterocycles. The van der Waals surface area contributed by atoms with Crippen molar-refractivity contribution in [1.82, 2.24) is 9.62 Å². The Morgan fingerprint density at radius 2 is 1.90 bits per heavy atom. The van der Waals surface area contributed by atoms with Crippen LogP contribution < -0.4 is 10.2 Å². The summed E-state index contributed by atoms with van der Waals surface area (Å²) in [5.41, 5.74) is -0.0416. The zero-order chi connectivity index (χ0) is 21.4. The van der Waals surface area contributed by atoms with Crippen LogP contribution in [0.2, 0.25) is 5.02 Å². The molecule has 1 atom stereocenters. The molecule has 29 heavy (non-hydrogen) atoms. The Hall–Kier alpha value is -1.64. The van der Waals surface area contributed by atoms with Crippen LogP contribution in [0.5, 0.6) is 0 Å². The summed E-state index contributed by atoms with van der Waals surface area (Å²) in [6, 6.07) is 5.21. The largest absolute Gasteiger partial charge is 0.351 e. The van der Waals surface area contributed by atoms with Crippen LogP contribution in [-0.4, -0.2) is 55.5 Å². The second-order valence-corrected chi connectivity index (χ2v) is 10.7. The second kappa shape index (κ2) is 8.24. The lowest BCUT2D eigenvalue weighted by atomic mass is 9.91. The topological polar surface area (TPSA) is 86.8 Å². The number of halogens is 1. The summed E-state index contributed by atoms with van der Waals surface area (Å²) in [5, 5.41) is 3.54. The maximum absolute atomic E-state index is 13.4. The fraction of sp³-hybridized carbons (Fsp3) is 0.600. The monoisotopic (exact) mass is 441 g/mol. The molecule has 160 valence electrons. The number of nitrogens with zero attached hydrogens (tertiary/aromatic N) is 2. The van der Waals surface area contributed by atoms with Crippen molar-refractivity contribution in [2.24, 2.45) is 0 Å². The van der Waals surface area contributed by atoms with Gasteiger partial charge in [-0.2, -0.15) is 4.31 Å². The van der Waals surface area contributed by atoms with E-state index in [1.165, 1.54) is 4.90 Å². The van der Waals surface area contributed by atoms with E-state index in [0.29, 0.717) is 10.7 Å². The lowest BCUT2D eigenvalue weighted by molar-refractivity contribution is -0.133. The molecule has 1 heterocycles. The minimum atomic E-state index is -3.64. The highest BCUT2D eigenvalue weighted by Gasteiger charge is 2.50. The first-order valence-corrected chi connectivity index (χ1v) is 12.1. The van der Waals surface area contributed by atoms with Crippen molar-refractivity contribution in [3.05, 3.63) is 28.8 Å². The number of piperazine rings is 1. The molecule has 0 spiro atoms. The minimum Gasteiger partial charge on any atom is -0.351 e. The molecule has 1 saturated heterocycles. The van der Waals surface area contributed by atoms with E-state index in [9.17, 15) is 18.0 Å². The molecular formula is C20H28ClN3O4S. The predicted octanol–water partition coefficient (Wildman–Crippen LogP) is 2.46. The van der Waals surface area contributed by atoms with Gasteiger partial charge in [-0.15, -0.1) is 0 Å². The third-order valence-corrected chi connectivity index (χ3v) is 7.45. The highest BCUT2D eigenvalue weighted by molar-refractivity contribution is 7.88. The van der Waals surface area contributed by atoms with Crippen molar-refractivity contribution in [3.8, 4) is 0 Å². The van der Waals surface area contributed by atoms with Gasteiger partial charge in [-0.25, -0.2) is 8.42 Å². The molecule has 0 radical (unpaired) electrons. The molecule has 1 N–H and O–H groups in total. The molecule has 9 heteroatoms. The Balaban J connectivity index is 1.99. The quantitative estimate of drug-likeness (QED) is 0.777. The first-order chi connectivity index (χ1) is 13.5. The average Bonchev–Trinajstić information content (AvgIpc) is 2.64. The van der Waals surface area contributed by atoms with Crippen LogP contribution in [0.15, 0.2) is 18.2 Å². The summed E-state index contributed by atoms with van der Waals surface area (Å²) in [6.07, 6.45) is 6.08. The van der Waals surface area contributed by atoms with E-state index < -0.39 is 21.5 Å². The van der Waals surface area contributed by atoms with Crippen molar-refractivity contribution in [3.63, 3.8) is 0 Å². The Kier molecular flexibility index (Phi) is 6.27. The van der Waals surface area contributed by atoms with Crippen LogP contribution in [0.1, 0.15) is 44.6 Å². The summed E-state index contributed by atoms with van der Waals surface area (Å²) in [7, 11) is -3.64. The number of rotatable bonds is 4. The van der Waals surface area contributed by atoms with Gasteiger partial charge >= 0.3 is 0 Å². The molecule has 1 aliphatic heterocycles. The molecule has 1 saturated carbocycles. The lowest BCUT2D eigenvalue weighted by Gasteiger charge is -2.47. The molecule has 2 aliphatic rings. The van der Waals surface area contributed by atoms with Crippen LogP contribution in [0.4, 0.5) is 5.69 Å². The van der Waals surface area contributed by atoms with E-state index in [2.05, 4.69) is 5.32 Å². The average molecular weight is 442 g/mol. The van der Waals surface area contributed by atoms with Gasteiger partial charge in [-0.05, 0) is 44.4 Å². The maximum atomic E-state index is 13.4. The number of carbonyl (C=O) groups excluding carboxylic acids is 2. The van der Waals surface area contributed by atoms with Gasteiger partial charge in [0.1, 0.15) is 5.54 Å². The van der Waals surface area contributed by atoms with Gasteiger partial charge in [-0.3, -0.25) is 14.5 Å². The van der Waals surface area contributed by atoms with Gasteiger partial charge in [0, 0.05) is 23.3 Å². The number of nitrogens with one attached hydrogen (secondary N) is 1. The normalized spacial score (nSPS) is 24.6. The van der Waals surface area contributed by atoms with Crippen molar-refractivity contribution in [2.45, 2.75) is 57.5 Å². The smallest absolute Gasteiger partial charge is 0.247 e. The Bertz CT molecular complexity index is 914. The van der Waals surface area contributed by atoms with Gasteiger partial charge in [0.25, 0.3) is 0 Å². The standard InChI is InChI=1S/C20H28ClN3O4S/c1-14-9-10-16(11-17(14)21)24-18(25)12-23(29(3,27)28)13-20(24,2)19(26)22-15-7-5-4-6-8-15/h9-11,15H,4-8,12-13H2,1-3H3,(H,22,26). The number of hydrogen-bond acceptors (Lipinski definition) is 4. The van der Waals surface area contributed by atoms with Gasteiger partial charge < -0.3 is 5.32 Å². The first-order valence-electron chi connectivity index (χ1n) is 9.87. The summed E-state index contributed by atoms with van der Waals surface area (Å²) in [5.74, 6) is -0.800. The van der Waals surface area contributed by atoms with E-state index in [0.717, 1.165) is 48.2 Å². The van der Waals surface area contributed by atoms with E-state index in [1.54, 1.807) is 25.1 Å². The number of aryl methyl sites for hydroxylation is 1. The number of anilines is 1. The number of amides is 2. The molecule has 1 aromatic rings. The summed E-state index contributed by atoms with van der Waals surface area (Å²) in [4.78, 5) is 27.8. The molecule has 0 bridgehead atoms. The van der Waals surface area contributed by atoms with Crippen molar-refractivity contribution in [1.29, 1.82) is 0 Å². The summed E-state index contributed by atoms with van der Waals surface area (Å²) < 4.78 is 25.4. The molecule has 2 amide bonds. The number of benzene rings is 1. The third-order valence-electron chi connectivity index (χ3n) is 5.85. The zero-order valence-electron chi connectivity index (χ0n) is 17.1. The maximum Gasteiger partial charge on any atom is 0.247 e. The van der Waals surface area contributed by atoms with E-state index in [1.807, 2.05) is 6.92 Å². The molecule has 7 nitrogen and oxygen atoms in total. The van der Waals surface area contributed by atoms with Crippen molar-refractivity contribution in [2.75, 3.05) is 24.2 Å². The molecule has 2 fully saturated rings. The van der Waals surface area contributed by atoms with Crippen LogP contribution in [0.3, 0.4) is 0 Å². The summed E-state index contributed by atoms with van der Waals surface area (Å²) >= 11 is 6.27. The molecule has 1 unspecified atom stereocenters. The van der Waals surface area contributed by atoms with Crippen LogP contribution in [0.25, 0.3) is 0 Å². The first kappa shape index (κ1) is 22.1. The minimum absolute atomic E-state index is 0.0419. The Morgan fingerprint density at radius 3 is 2.48 bits per heavy atom. The number of carbonyl (C=O) groups is 2. The van der Waals surface area contributed by atoms with Crippen LogP contribution in [-0.2, 0) is 19.6 Å². The van der Waals surface area contributed by atoms with Gasteiger partial charge in [0.2, 0.25) is 21.8 Å². The Morgan fingerprint density at radius 1 is 1.24 bits per heavy atom. The van der Waals surface area contributed by atoms with E-state index in [-0.39, 0.29) is 25.0 Å². The lowest BCUT2D eigenvalue weighted by Crippen LogP contribution is -2.70. The second-order valence-electron chi connectivity index (χ2n) is 8.28. The molecular weight excluding hydrogens is 414 g/mol. The highest BCUT2D eigenvalue weighted by atomic mass is 35.5. The highest BCUT2D eigenvalue weighted by Crippen LogP contribution is 2.33. The fourth-order valence-electron chi connectivity index (χ4n) is 4.11. The Labute approximate surface area is 177 Å². The summed E-state index contributed by atoms with van der Waals surface area (Å²) in [6.45, 7) is 3.05. The van der Waals surface area contributed by atoms with E-state index in [4.69, 9.17) is 11.6 Å². The SMILES string of the molecule is Cc1ccc(N2C(=O)CN(S(C)(=O)=O)CC2(C)C(=O)NC2CCCCC2)cc1Cl. The van der Waals surface area contributed by atoms with E-state index >= 15 is 0 Å². The van der Waals surface area contributed by atoms with Crippen LogP contribution >= 0.6 is 11.6 Å². The molecule has 1 aliphatic carbocycles. The fourth-order valence-corrected chi connectivity index (χ4v) is 5.12. The van der Waals surface area contributed by atoms with Gasteiger partial charge in [0.15, 0.2) is 0 Å². The van der Waals surface area contributed by atoms with Crippen LogP contribution in [0, 0.1) is 6.92 Å². The van der Waals surface area contributed by atoms with Crippen molar-refractivity contribution < 1.29 is 18.0 Å². The molecule has 3 rings (SSSR count). The number of sulfonamides is 1. The van der Waals surface area contributed by atoms with Crippen molar-refractivity contribution >= 4 is 39.1 Å². The number of hydrogen-bond donors (Lipinski definition) is 1. The third kappa shape index (κ3) is 4.59. The predicted molar refractivity (Wildman–Crippen MR) is 114 cm³/mol. The van der Waals surface area contributed by atoms with Gasteiger partial charge in [-0.1, -0.05) is 36.9 Å². The molecule has 1 aromatic carbocycles.